The van der Waals surface area contributed by atoms with Gasteiger partial charge in [0.25, 0.3) is 12.1 Å². The van der Waals surface area contributed by atoms with Crippen LogP contribution in [-0.4, -0.2) is 31.0 Å². The molecule has 1 heterocycles. The minimum absolute atomic E-state index is 0.117. The summed E-state index contributed by atoms with van der Waals surface area (Å²) in [4.78, 5) is 21.0. The van der Waals surface area contributed by atoms with E-state index in [1.807, 2.05) is 0 Å². The Morgan fingerprint density at radius 1 is 1.43 bits per heavy atom. The Balaban J connectivity index is 2.46. The van der Waals surface area contributed by atoms with Crippen molar-refractivity contribution >= 4 is 11.7 Å². The van der Waals surface area contributed by atoms with Crippen molar-refractivity contribution in [2.75, 3.05) is 0 Å². The maximum absolute atomic E-state index is 12.9. The number of benzene rings is 1. The maximum atomic E-state index is 12.9. The summed E-state index contributed by atoms with van der Waals surface area (Å²) in [6.45, 7) is -0.378. The number of aromatic carboxylic acids is 1. The molecule has 10 heteroatoms. The second kappa shape index (κ2) is 5.61. The van der Waals surface area contributed by atoms with Gasteiger partial charge in [0.2, 0.25) is 0 Å². The molecule has 2 aromatic rings. The van der Waals surface area contributed by atoms with Crippen LogP contribution in [-0.2, 0) is 6.54 Å². The summed E-state index contributed by atoms with van der Waals surface area (Å²) in [7, 11) is 0. The zero-order valence-electron chi connectivity index (χ0n) is 10.3. The number of para-hydroxylation sites is 1. The molecule has 0 amide bonds. The number of nitrogens with zero attached hydrogens (tertiary/aromatic N) is 4. The molecule has 0 radical (unpaired) electrons. The van der Waals surface area contributed by atoms with Crippen molar-refractivity contribution in [1.29, 1.82) is 0 Å². The molecule has 0 atom stereocenters. The van der Waals surface area contributed by atoms with E-state index >= 15 is 0 Å². The number of alkyl halides is 2. The third kappa shape index (κ3) is 2.83. The third-order valence-corrected chi connectivity index (χ3v) is 2.69. The molecule has 0 aliphatic heterocycles. The highest BCUT2D eigenvalue weighted by molar-refractivity contribution is 5.86. The van der Waals surface area contributed by atoms with E-state index in [1.165, 1.54) is 24.3 Å². The molecule has 0 aliphatic rings. The minimum Gasteiger partial charge on any atom is -0.476 e. The lowest BCUT2D eigenvalue weighted by atomic mass is 10.2. The summed E-state index contributed by atoms with van der Waals surface area (Å²) in [5.74, 6) is -1.64. The average Bonchev–Trinajstić information content (AvgIpc) is 2.83. The van der Waals surface area contributed by atoms with E-state index in [0.717, 1.165) is 0 Å². The lowest BCUT2D eigenvalue weighted by Gasteiger charge is -2.06. The van der Waals surface area contributed by atoms with Gasteiger partial charge >= 0.3 is 5.97 Å². The fourth-order valence-electron chi connectivity index (χ4n) is 1.79. The van der Waals surface area contributed by atoms with E-state index in [0.29, 0.717) is 4.68 Å². The zero-order valence-corrected chi connectivity index (χ0v) is 10.3. The van der Waals surface area contributed by atoms with Crippen LogP contribution in [0.25, 0.3) is 0 Å². The molecule has 0 aliphatic carbocycles. The summed E-state index contributed by atoms with van der Waals surface area (Å²) in [6, 6.07) is 5.51. The van der Waals surface area contributed by atoms with Gasteiger partial charge in [0.15, 0.2) is 5.69 Å². The molecule has 0 spiro atoms. The lowest BCUT2D eigenvalue weighted by Crippen LogP contribution is -2.11. The van der Waals surface area contributed by atoms with Crippen molar-refractivity contribution in [2.45, 2.75) is 13.0 Å². The van der Waals surface area contributed by atoms with Crippen LogP contribution in [0.1, 0.15) is 28.2 Å². The Morgan fingerprint density at radius 2 is 2.10 bits per heavy atom. The fraction of sp³-hybridized carbons (Fsp3) is 0.182. The molecule has 21 heavy (non-hydrogen) atoms. The summed E-state index contributed by atoms with van der Waals surface area (Å²) >= 11 is 0. The molecular weight excluding hydrogens is 290 g/mol. The largest absolute Gasteiger partial charge is 0.476 e. The SMILES string of the molecule is O=C(O)c1nnn(Cc2ccccc2[N+](=O)[O-])c1C(F)F. The molecule has 0 saturated carbocycles. The van der Waals surface area contributed by atoms with Crippen LogP contribution in [0.4, 0.5) is 14.5 Å². The van der Waals surface area contributed by atoms with Crippen LogP contribution >= 0.6 is 0 Å². The molecule has 0 saturated heterocycles. The first-order valence-corrected chi connectivity index (χ1v) is 5.59. The highest BCUT2D eigenvalue weighted by atomic mass is 19.3. The summed E-state index contributed by atoms with van der Waals surface area (Å²) in [5.41, 5.74) is -1.92. The summed E-state index contributed by atoms with van der Waals surface area (Å²) in [6.07, 6.45) is -3.12. The van der Waals surface area contributed by atoms with Crippen LogP contribution in [0, 0.1) is 10.1 Å². The second-order valence-electron chi connectivity index (χ2n) is 3.97. The number of hydrogen-bond donors (Lipinski definition) is 1. The molecule has 110 valence electrons. The predicted molar refractivity (Wildman–Crippen MR) is 64.1 cm³/mol. The van der Waals surface area contributed by atoms with Crippen LogP contribution in [0.15, 0.2) is 24.3 Å². The van der Waals surface area contributed by atoms with Gasteiger partial charge < -0.3 is 5.11 Å². The normalized spacial score (nSPS) is 10.8. The first-order chi connectivity index (χ1) is 9.91. The molecule has 0 fully saturated rings. The van der Waals surface area contributed by atoms with Crippen molar-refractivity contribution in [1.82, 2.24) is 15.0 Å². The van der Waals surface area contributed by atoms with Crippen molar-refractivity contribution in [3.8, 4) is 0 Å². The van der Waals surface area contributed by atoms with Gasteiger partial charge in [-0.05, 0) is 0 Å². The van der Waals surface area contributed by atoms with E-state index in [4.69, 9.17) is 5.11 Å². The van der Waals surface area contributed by atoms with Gasteiger partial charge in [-0.1, -0.05) is 23.4 Å². The van der Waals surface area contributed by atoms with Gasteiger partial charge in [-0.2, -0.15) is 0 Å². The average molecular weight is 298 g/mol. The van der Waals surface area contributed by atoms with Gasteiger partial charge in [0.1, 0.15) is 5.69 Å². The fourth-order valence-corrected chi connectivity index (χ4v) is 1.79. The minimum atomic E-state index is -3.12. The number of nitro benzene ring substituents is 1. The summed E-state index contributed by atoms with van der Waals surface area (Å²) < 4.78 is 26.5. The number of aromatic nitrogens is 3. The van der Waals surface area contributed by atoms with Crippen molar-refractivity contribution < 1.29 is 23.6 Å². The molecule has 0 bridgehead atoms. The van der Waals surface area contributed by atoms with E-state index in [2.05, 4.69) is 10.3 Å². The standard InChI is InChI=1S/C11H8F2N4O4/c12-10(13)9-8(11(18)19)14-15-16(9)5-6-3-1-2-4-7(6)17(20)21/h1-4,10H,5H2,(H,18,19). The molecule has 8 nitrogen and oxygen atoms in total. The number of carboxylic acid groups (broad SMARTS) is 1. The highest BCUT2D eigenvalue weighted by Crippen LogP contribution is 2.24. The summed E-state index contributed by atoms with van der Waals surface area (Å²) in [5, 5.41) is 26.2. The Hall–Kier alpha value is -2.91. The first kappa shape index (κ1) is 14.5. The molecule has 1 aromatic heterocycles. The van der Waals surface area contributed by atoms with E-state index in [9.17, 15) is 23.7 Å². The Kier molecular flexibility index (Phi) is 3.87. The molecular formula is C11H8F2N4O4. The first-order valence-electron chi connectivity index (χ1n) is 5.59. The molecule has 2 rings (SSSR count). The number of rotatable bonds is 5. The molecule has 1 aromatic carbocycles. The molecule has 1 N–H and O–H groups in total. The van der Waals surface area contributed by atoms with Crippen LogP contribution in [0.5, 0.6) is 0 Å². The van der Waals surface area contributed by atoms with Crippen molar-refractivity contribution in [3.63, 3.8) is 0 Å². The second-order valence-corrected chi connectivity index (χ2v) is 3.97. The number of carboxylic acids is 1. The Bertz CT molecular complexity index is 701. The number of hydrogen-bond acceptors (Lipinski definition) is 5. The monoisotopic (exact) mass is 298 g/mol. The van der Waals surface area contributed by atoms with E-state index in [1.54, 1.807) is 0 Å². The van der Waals surface area contributed by atoms with Crippen LogP contribution < -0.4 is 0 Å². The number of nitro groups is 1. The predicted octanol–water partition coefficient (Wildman–Crippen LogP) is 1.87. The maximum Gasteiger partial charge on any atom is 0.358 e. The van der Waals surface area contributed by atoms with Crippen molar-refractivity contribution in [2.24, 2.45) is 0 Å². The van der Waals surface area contributed by atoms with Gasteiger partial charge in [-0.15, -0.1) is 5.10 Å². The van der Waals surface area contributed by atoms with E-state index in [-0.39, 0.29) is 17.8 Å². The van der Waals surface area contributed by atoms with Gasteiger partial charge in [-0.3, -0.25) is 10.1 Å². The van der Waals surface area contributed by atoms with E-state index < -0.39 is 28.7 Å². The topological polar surface area (TPSA) is 111 Å². The zero-order chi connectivity index (χ0) is 15.6. The van der Waals surface area contributed by atoms with Gasteiger partial charge in [0.05, 0.1) is 17.0 Å². The number of carbonyl (C=O) groups is 1. The van der Waals surface area contributed by atoms with Crippen LogP contribution in [0.2, 0.25) is 0 Å². The highest BCUT2D eigenvalue weighted by Gasteiger charge is 2.27. The quantitative estimate of drug-likeness (QED) is 0.666. The van der Waals surface area contributed by atoms with Gasteiger partial charge in [0, 0.05) is 6.07 Å². The van der Waals surface area contributed by atoms with Gasteiger partial charge in [-0.25, -0.2) is 18.3 Å². The molecule has 0 unspecified atom stereocenters. The smallest absolute Gasteiger partial charge is 0.358 e. The van der Waals surface area contributed by atoms with Crippen molar-refractivity contribution in [3.05, 3.63) is 51.3 Å². The Labute approximate surface area is 115 Å². The van der Waals surface area contributed by atoms with Crippen LogP contribution in [0.3, 0.4) is 0 Å². The lowest BCUT2D eigenvalue weighted by molar-refractivity contribution is -0.385. The number of halogens is 2. The third-order valence-electron chi connectivity index (χ3n) is 2.69. The Morgan fingerprint density at radius 3 is 2.67 bits per heavy atom.